The number of benzene rings is 2. The molecule has 0 radical (unpaired) electrons. The van der Waals surface area contributed by atoms with Gasteiger partial charge in [-0.05, 0) is 31.2 Å². The number of ether oxygens (including phenoxy) is 2. The van der Waals surface area contributed by atoms with Crippen LogP contribution in [-0.4, -0.2) is 42.7 Å². The third kappa shape index (κ3) is 4.47. The summed E-state index contributed by atoms with van der Waals surface area (Å²) in [6.45, 7) is 1.26. The van der Waals surface area contributed by atoms with Gasteiger partial charge in [0.05, 0.1) is 34.2 Å². The lowest BCUT2D eigenvalue weighted by Gasteiger charge is -2.16. The molecule has 0 aliphatic carbocycles. The van der Waals surface area contributed by atoms with Crippen LogP contribution < -0.4 is 4.90 Å². The second kappa shape index (κ2) is 9.27. The lowest BCUT2D eigenvalue weighted by molar-refractivity contribution is -0.156. The lowest BCUT2D eigenvalue weighted by atomic mass is 10.1. The number of hydrogen-bond acceptors (Lipinski definition) is 7. The zero-order chi connectivity index (χ0) is 21.8. The van der Waals surface area contributed by atoms with Gasteiger partial charge in [0.25, 0.3) is 11.8 Å². The molecule has 7 nitrogen and oxygen atoms in total. The van der Waals surface area contributed by atoms with Crippen molar-refractivity contribution < 1.29 is 33.0 Å². The zero-order valence-corrected chi connectivity index (χ0v) is 17.2. The number of hydrogen-bond donors (Lipinski definition) is 0. The molecule has 2 amide bonds. The number of nitrogens with zero attached hydrogens (tertiary/aromatic N) is 1. The molecule has 0 saturated heterocycles. The van der Waals surface area contributed by atoms with E-state index in [2.05, 4.69) is 4.74 Å². The van der Waals surface area contributed by atoms with Gasteiger partial charge < -0.3 is 9.47 Å². The zero-order valence-electron chi connectivity index (χ0n) is 15.6. The first-order valence-corrected chi connectivity index (χ1v) is 10.1. The van der Waals surface area contributed by atoms with Crippen LogP contribution in [0.15, 0.2) is 41.3 Å². The highest BCUT2D eigenvalue weighted by atomic mass is 35.5. The van der Waals surface area contributed by atoms with E-state index in [1.807, 2.05) is 0 Å². The highest BCUT2D eigenvalue weighted by Gasteiger charge is 2.38. The first kappa shape index (κ1) is 21.8. The fourth-order valence-electron chi connectivity index (χ4n) is 2.73. The van der Waals surface area contributed by atoms with Gasteiger partial charge in [-0.2, -0.15) is 0 Å². The third-order valence-electron chi connectivity index (χ3n) is 4.04. The first-order valence-electron chi connectivity index (χ1n) is 8.74. The molecule has 0 atom stereocenters. The second-order valence-corrected chi connectivity index (χ2v) is 7.40. The Hall–Kier alpha value is -2.91. The third-order valence-corrected chi connectivity index (χ3v) is 5.49. The van der Waals surface area contributed by atoms with Crippen LogP contribution in [0.5, 0.6) is 0 Å². The van der Waals surface area contributed by atoms with Crippen molar-refractivity contribution in [2.45, 2.75) is 11.8 Å². The number of carbonyl (C=O) groups excluding carboxylic acids is 4. The predicted molar refractivity (Wildman–Crippen MR) is 107 cm³/mol. The minimum absolute atomic E-state index is 0.00366. The van der Waals surface area contributed by atoms with Crippen molar-refractivity contribution in [1.29, 1.82) is 0 Å². The van der Waals surface area contributed by atoms with Crippen molar-refractivity contribution in [3.63, 3.8) is 0 Å². The summed E-state index contributed by atoms with van der Waals surface area (Å²) in [6.07, 6.45) is 0. The van der Waals surface area contributed by atoms with Crippen LogP contribution in [-0.2, 0) is 19.1 Å². The smallest absolute Gasteiger partial charge is 0.344 e. The monoisotopic (exact) mass is 451 g/mol. The van der Waals surface area contributed by atoms with Crippen LogP contribution in [0.25, 0.3) is 0 Å². The Morgan fingerprint density at radius 1 is 1.07 bits per heavy atom. The Bertz CT molecular complexity index is 1010. The molecule has 0 N–H and O–H groups in total. The number of halogens is 2. The molecule has 1 aliphatic heterocycles. The first-order chi connectivity index (χ1) is 14.3. The Morgan fingerprint density at radius 2 is 1.70 bits per heavy atom. The molecule has 1 aliphatic rings. The van der Waals surface area contributed by atoms with Crippen molar-refractivity contribution in [2.75, 3.05) is 23.9 Å². The number of imide groups is 1. The molecule has 0 aromatic heterocycles. The van der Waals surface area contributed by atoms with Gasteiger partial charge >= 0.3 is 11.9 Å². The summed E-state index contributed by atoms with van der Waals surface area (Å²) in [6, 6.07) is 8.37. The molecule has 1 heterocycles. The summed E-state index contributed by atoms with van der Waals surface area (Å²) < 4.78 is 24.0. The molecule has 0 fully saturated rings. The molecule has 30 heavy (non-hydrogen) atoms. The van der Waals surface area contributed by atoms with E-state index in [9.17, 15) is 23.6 Å². The molecule has 2 aromatic rings. The largest absolute Gasteiger partial charge is 0.463 e. The summed E-state index contributed by atoms with van der Waals surface area (Å²) >= 11 is 6.96. The molecular weight excluding hydrogens is 437 g/mol. The molecule has 10 heteroatoms. The standard InChI is InChI=1S/C20H15ClFNO6S/c1-2-28-17(24)9-29-18(25)10-30-16-8-15(14(22)7-13(16)21)23-19(26)11-5-3-4-6-12(11)20(23)27/h3-8H,2,9-10H2,1H3. The van der Waals surface area contributed by atoms with E-state index in [-0.39, 0.29) is 39.1 Å². The van der Waals surface area contributed by atoms with Crippen LogP contribution in [0.2, 0.25) is 5.02 Å². The van der Waals surface area contributed by atoms with E-state index in [1.165, 1.54) is 18.2 Å². The van der Waals surface area contributed by atoms with Gasteiger partial charge in [-0.25, -0.2) is 14.1 Å². The van der Waals surface area contributed by atoms with Crippen LogP contribution in [0.4, 0.5) is 10.1 Å². The molecule has 3 rings (SSSR count). The summed E-state index contributed by atoms with van der Waals surface area (Å²) in [7, 11) is 0. The van der Waals surface area contributed by atoms with Crippen molar-refractivity contribution in [1.82, 2.24) is 0 Å². The molecule has 0 bridgehead atoms. The predicted octanol–water partition coefficient (Wildman–Crippen LogP) is 3.48. The van der Waals surface area contributed by atoms with Crippen LogP contribution >= 0.6 is 23.4 Å². The van der Waals surface area contributed by atoms with Crippen molar-refractivity contribution >= 4 is 52.8 Å². The Balaban J connectivity index is 1.76. The number of amides is 2. The maximum Gasteiger partial charge on any atom is 0.344 e. The second-order valence-electron chi connectivity index (χ2n) is 5.98. The minimum atomic E-state index is -0.858. The fourth-order valence-corrected chi connectivity index (χ4v) is 3.79. The number of thioether (sulfide) groups is 1. The van der Waals surface area contributed by atoms with Gasteiger partial charge in [0.15, 0.2) is 6.61 Å². The number of rotatable bonds is 7. The Morgan fingerprint density at radius 3 is 2.30 bits per heavy atom. The van der Waals surface area contributed by atoms with E-state index in [0.717, 1.165) is 22.7 Å². The average Bonchev–Trinajstić information content (AvgIpc) is 2.97. The normalized spacial score (nSPS) is 12.7. The maximum absolute atomic E-state index is 14.6. The Kier molecular flexibility index (Phi) is 6.73. The highest BCUT2D eigenvalue weighted by Crippen LogP contribution is 2.36. The fraction of sp³-hybridized carbons (Fsp3) is 0.200. The van der Waals surface area contributed by atoms with Gasteiger partial charge in [-0.3, -0.25) is 14.4 Å². The molecular formula is C20H15ClFNO6S. The summed E-state index contributed by atoms with van der Waals surface area (Å²) in [4.78, 5) is 49.2. The summed E-state index contributed by atoms with van der Waals surface area (Å²) in [5.74, 6) is -3.78. The van der Waals surface area contributed by atoms with Crippen molar-refractivity contribution in [3.05, 3.63) is 58.4 Å². The number of fused-ring (bicyclic) bond motifs is 1. The van der Waals surface area contributed by atoms with Crippen molar-refractivity contribution in [3.8, 4) is 0 Å². The summed E-state index contributed by atoms with van der Waals surface area (Å²) in [5, 5.41) is -0.00366. The van der Waals surface area contributed by atoms with Crippen LogP contribution in [0.3, 0.4) is 0 Å². The molecule has 156 valence electrons. The topological polar surface area (TPSA) is 90.0 Å². The Labute approximate surface area is 180 Å². The molecule has 0 spiro atoms. The quantitative estimate of drug-likeness (QED) is 0.361. The van der Waals surface area contributed by atoms with Gasteiger partial charge in [-0.1, -0.05) is 23.7 Å². The maximum atomic E-state index is 14.6. The number of esters is 2. The molecule has 0 unspecified atom stereocenters. The van der Waals surface area contributed by atoms with E-state index < -0.39 is 36.2 Å². The van der Waals surface area contributed by atoms with E-state index >= 15 is 0 Å². The number of carbonyl (C=O) groups is 4. The average molecular weight is 452 g/mol. The van der Waals surface area contributed by atoms with E-state index in [0.29, 0.717) is 0 Å². The SMILES string of the molecule is CCOC(=O)COC(=O)CSc1cc(N2C(=O)c3ccccc3C2=O)c(F)cc1Cl. The molecule has 0 saturated carbocycles. The van der Waals surface area contributed by atoms with Crippen molar-refractivity contribution in [2.24, 2.45) is 0 Å². The van der Waals surface area contributed by atoms with Crippen LogP contribution in [0.1, 0.15) is 27.6 Å². The summed E-state index contributed by atoms with van der Waals surface area (Å²) in [5.41, 5.74) is 0.0789. The van der Waals surface area contributed by atoms with Gasteiger partial charge in [0.1, 0.15) is 5.82 Å². The van der Waals surface area contributed by atoms with E-state index in [1.54, 1.807) is 19.1 Å². The van der Waals surface area contributed by atoms with E-state index in [4.69, 9.17) is 16.3 Å². The van der Waals surface area contributed by atoms with Gasteiger partial charge in [0.2, 0.25) is 0 Å². The number of anilines is 1. The lowest BCUT2D eigenvalue weighted by Crippen LogP contribution is -2.30. The highest BCUT2D eigenvalue weighted by molar-refractivity contribution is 8.00. The van der Waals surface area contributed by atoms with Crippen LogP contribution in [0, 0.1) is 5.82 Å². The van der Waals surface area contributed by atoms with Gasteiger partial charge in [-0.15, -0.1) is 11.8 Å². The van der Waals surface area contributed by atoms with Gasteiger partial charge in [0, 0.05) is 4.90 Å². The minimum Gasteiger partial charge on any atom is -0.463 e. The molecule has 2 aromatic carbocycles.